The molecule has 0 heterocycles. The molecule has 1 N–H and O–H groups in total. The topological polar surface area (TPSA) is 12.0 Å². The summed E-state index contributed by atoms with van der Waals surface area (Å²) in [6.07, 6.45) is 2.14. The van der Waals surface area contributed by atoms with Gasteiger partial charge in [-0.15, -0.1) is 0 Å². The van der Waals surface area contributed by atoms with E-state index in [1.807, 2.05) is 0 Å². The minimum atomic E-state index is 0.484. The van der Waals surface area contributed by atoms with E-state index < -0.39 is 0 Å². The monoisotopic (exact) mass is 281 g/mol. The molecule has 112 valence electrons. The third kappa shape index (κ3) is 4.71. The second-order valence-corrected chi connectivity index (χ2v) is 6.28. The number of aryl methyl sites for hydroxylation is 1. The minimum Gasteiger partial charge on any atom is -0.316 e. The summed E-state index contributed by atoms with van der Waals surface area (Å²) in [5.74, 6) is 0.603. The zero-order valence-corrected chi connectivity index (χ0v) is 13.7. The molecule has 0 spiro atoms. The van der Waals surface area contributed by atoms with Crippen molar-refractivity contribution in [3.63, 3.8) is 0 Å². The van der Waals surface area contributed by atoms with Crippen LogP contribution in [0.15, 0.2) is 48.5 Å². The molecule has 21 heavy (non-hydrogen) atoms. The summed E-state index contributed by atoms with van der Waals surface area (Å²) in [6, 6.07) is 18.4. The third-order valence-electron chi connectivity index (χ3n) is 4.14. The summed E-state index contributed by atoms with van der Waals surface area (Å²) < 4.78 is 0. The molecule has 2 rings (SSSR count). The van der Waals surface area contributed by atoms with Crippen LogP contribution in [-0.2, 0) is 12.8 Å². The van der Waals surface area contributed by atoms with Crippen LogP contribution < -0.4 is 5.32 Å². The molecule has 0 amide bonds. The number of hydrogen-bond donors (Lipinski definition) is 1. The Morgan fingerprint density at radius 1 is 0.810 bits per heavy atom. The molecule has 1 heteroatoms. The van der Waals surface area contributed by atoms with Crippen molar-refractivity contribution in [2.45, 2.75) is 45.6 Å². The first-order chi connectivity index (χ1) is 10.1. The molecule has 1 nitrogen and oxygen atoms in total. The highest BCUT2D eigenvalue weighted by molar-refractivity contribution is 5.26. The predicted octanol–water partition coefficient (Wildman–Crippen LogP) is 4.49. The largest absolute Gasteiger partial charge is 0.316 e. The first-order valence-corrected chi connectivity index (χ1v) is 7.90. The second-order valence-electron chi connectivity index (χ2n) is 6.28. The summed E-state index contributed by atoms with van der Waals surface area (Å²) in [7, 11) is 2.06. The van der Waals surface area contributed by atoms with Crippen LogP contribution in [0.2, 0.25) is 0 Å². The predicted molar refractivity (Wildman–Crippen MR) is 92.0 cm³/mol. The van der Waals surface area contributed by atoms with Crippen LogP contribution in [0.5, 0.6) is 0 Å². The molecule has 0 bridgehead atoms. The molecule has 0 aliphatic heterocycles. The van der Waals surface area contributed by atoms with Crippen molar-refractivity contribution in [3.8, 4) is 0 Å². The number of nitrogens with one attached hydrogen (secondary N) is 1. The number of likely N-dealkylation sites (N-methyl/N-ethyl adjacent to an activating group) is 1. The lowest BCUT2D eigenvalue weighted by Crippen LogP contribution is -2.29. The quantitative estimate of drug-likeness (QED) is 0.822. The van der Waals surface area contributed by atoms with Crippen LogP contribution in [0.25, 0.3) is 0 Å². The molecule has 2 aromatic carbocycles. The van der Waals surface area contributed by atoms with Gasteiger partial charge in [0.15, 0.2) is 0 Å². The van der Waals surface area contributed by atoms with Gasteiger partial charge in [-0.2, -0.15) is 0 Å². The average molecular weight is 281 g/mol. The van der Waals surface area contributed by atoms with Gasteiger partial charge in [-0.3, -0.25) is 0 Å². The van der Waals surface area contributed by atoms with Crippen LogP contribution in [0, 0.1) is 6.92 Å². The van der Waals surface area contributed by atoms with E-state index in [1.54, 1.807) is 0 Å². The van der Waals surface area contributed by atoms with Crippen molar-refractivity contribution in [2.24, 2.45) is 0 Å². The van der Waals surface area contributed by atoms with E-state index >= 15 is 0 Å². The molecule has 0 aliphatic rings. The zero-order chi connectivity index (χ0) is 15.2. The van der Waals surface area contributed by atoms with Crippen LogP contribution >= 0.6 is 0 Å². The van der Waals surface area contributed by atoms with Gasteiger partial charge in [0.1, 0.15) is 0 Å². The van der Waals surface area contributed by atoms with Gasteiger partial charge < -0.3 is 5.32 Å². The highest BCUT2D eigenvalue weighted by atomic mass is 14.9. The minimum absolute atomic E-state index is 0.484. The average Bonchev–Trinajstić information content (AvgIpc) is 2.49. The van der Waals surface area contributed by atoms with E-state index in [4.69, 9.17) is 0 Å². The number of rotatable bonds is 6. The normalized spacial score (nSPS) is 12.6. The smallest absolute Gasteiger partial charge is 0.0145 e. The van der Waals surface area contributed by atoms with Crippen LogP contribution in [-0.4, -0.2) is 13.1 Å². The first-order valence-electron chi connectivity index (χ1n) is 7.90. The highest BCUT2D eigenvalue weighted by Crippen LogP contribution is 2.16. The Balaban J connectivity index is 1.99. The number of hydrogen-bond acceptors (Lipinski definition) is 1. The maximum Gasteiger partial charge on any atom is 0.0145 e. The molecular formula is C20H27N. The van der Waals surface area contributed by atoms with Crippen molar-refractivity contribution in [3.05, 3.63) is 70.8 Å². The Kier molecular flexibility index (Phi) is 5.58. The molecule has 0 saturated heterocycles. The molecule has 1 unspecified atom stereocenters. The molecule has 1 atom stereocenters. The molecule has 0 fully saturated rings. The van der Waals surface area contributed by atoms with Gasteiger partial charge in [0.05, 0.1) is 0 Å². The van der Waals surface area contributed by atoms with Gasteiger partial charge in [-0.1, -0.05) is 67.9 Å². The maximum atomic E-state index is 3.45. The van der Waals surface area contributed by atoms with Crippen LogP contribution in [0.3, 0.4) is 0 Å². The Morgan fingerprint density at radius 2 is 1.29 bits per heavy atom. The summed E-state index contributed by atoms with van der Waals surface area (Å²) >= 11 is 0. The van der Waals surface area contributed by atoms with E-state index in [1.165, 1.54) is 22.3 Å². The molecule has 0 radical (unpaired) electrons. The maximum absolute atomic E-state index is 3.45. The molecule has 0 aliphatic carbocycles. The molecule has 0 saturated carbocycles. The Labute approximate surface area is 129 Å². The summed E-state index contributed by atoms with van der Waals surface area (Å²) in [5, 5.41) is 3.45. The molecule has 0 aromatic heterocycles. The van der Waals surface area contributed by atoms with Crippen LogP contribution in [0.4, 0.5) is 0 Å². The molecule has 2 aromatic rings. The van der Waals surface area contributed by atoms with Gasteiger partial charge in [-0.05, 0) is 49.4 Å². The van der Waals surface area contributed by atoms with Crippen molar-refractivity contribution < 1.29 is 0 Å². The summed E-state index contributed by atoms with van der Waals surface area (Å²) in [5.41, 5.74) is 5.55. The lowest BCUT2D eigenvalue weighted by molar-refractivity contribution is 0.556. The van der Waals surface area contributed by atoms with Gasteiger partial charge in [0, 0.05) is 6.04 Å². The fourth-order valence-corrected chi connectivity index (χ4v) is 2.61. The highest BCUT2D eigenvalue weighted by Gasteiger charge is 2.09. The molecular weight excluding hydrogens is 254 g/mol. The summed E-state index contributed by atoms with van der Waals surface area (Å²) in [4.78, 5) is 0. The lowest BCUT2D eigenvalue weighted by Gasteiger charge is -2.17. The van der Waals surface area contributed by atoms with E-state index in [2.05, 4.69) is 81.7 Å². The Hall–Kier alpha value is -1.60. The van der Waals surface area contributed by atoms with Gasteiger partial charge in [0.25, 0.3) is 0 Å². The zero-order valence-electron chi connectivity index (χ0n) is 13.7. The Morgan fingerprint density at radius 3 is 1.71 bits per heavy atom. The van der Waals surface area contributed by atoms with Crippen molar-refractivity contribution >= 4 is 0 Å². The fourth-order valence-electron chi connectivity index (χ4n) is 2.61. The first kappa shape index (κ1) is 15.8. The van der Waals surface area contributed by atoms with Gasteiger partial charge in [0.2, 0.25) is 0 Å². The van der Waals surface area contributed by atoms with Crippen molar-refractivity contribution in [1.82, 2.24) is 5.32 Å². The third-order valence-corrected chi connectivity index (χ3v) is 4.14. The SMILES string of the molecule is CNC(Cc1ccc(C)cc1)Cc1ccc(C(C)C)cc1. The van der Waals surface area contributed by atoms with Crippen LogP contribution in [0.1, 0.15) is 42.0 Å². The number of benzene rings is 2. The fraction of sp³-hybridized carbons (Fsp3) is 0.400. The van der Waals surface area contributed by atoms with Crippen molar-refractivity contribution in [1.29, 1.82) is 0 Å². The van der Waals surface area contributed by atoms with Crippen molar-refractivity contribution in [2.75, 3.05) is 7.05 Å². The standard InChI is InChI=1S/C20H27N/c1-15(2)19-11-9-18(10-12-19)14-20(21-4)13-17-7-5-16(3)6-8-17/h5-12,15,20-21H,13-14H2,1-4H3. The van der Waals surface area contributed by atoms with E-state index in [0.29, 0.717) is 12.0 Å². The second kappa shape index (κ2) is 7.42. The Bertz CT molecular complexity index is 537. The van der Waals surface area contributed by atoms with E-state index in [9.17, 15) is 0 Å². The van der Waals surface area contributed by atoms with Gasteiger partial charge in [-0.25, -0.2) is 0 Å². The van der Waals surface area contributed by atoms with E-state index in [-0.39, 0.29) is 0 Å². The van der Waals surface area contributed by atoms with E-state index in [0.717, 1.165) is 12.8 Å². The lowest BCUT2D eigenvalue weighted by atomic mass is 9.96. The van der Waals surface area contributed by atoms with Gasteiger partial charge >= 0.3 is 0 Å². The summed E-state index contributed by atoms with van der Waals surface area (Å²) in [6.45, 7) is 6.61.